The van der Waals surface area contributed by atoms with Crippen molar-refractivity contribution in [3.63, 3.8) is 0 Å². The first-order valence-corrected chi connectivity index (χ1v) is 9.52. The van der Waals surface area contributed by atoms with Crippen molar-refractivity contribution in [2.75, 3.05) is 12.9 Å². The fraction of sp³-hybridized carbons (Fsp3) is 0.318. The first-order chi connectivity index (χ1) is 12.3. The molecule has 0 unspecified atom stereocenters. The average Bonchev–Trinajstić information content (AvgIpc) is 2.57. The van der Waals surface area contributed by atoms with Crippen molar-refractivity contribution in [3.8, 4) is 0 Å². The Morgan fingerprint density at radius 2 is 1.88 bits per heavy atom. The number of nitrogens with one attached hydrogen (secondary N) is 2. The molecule has 142 valence electrons. The van der Waals surface area contributed by atoms with Crippen LogP contribution in [-0.4, -0.2) is 18.6 Å². The Balaban J connectivity index is 4.91. The second-order valence-electron chi connectivity index (χ2n) is 5.79. The molecule has 26 heavy (non-hydrogen) atoms. The van der Waals surface area contributed by atoms with Gasteiger partial charge in [0, 0.05) is 5.75 Å². The van der Waals surface area contributed by atoms with E-state index < -0.39 is 0 Å². The summed E-state index contributed by atoms with van der Waals surface area (Å²) in [7, 11) is 1.63. The molecule has 3 nitrogen and oxygen atoms in total. The van der Waals surface area contributed by atoms with Crippen LogP contribution in [0.1, 0.15) is 34.1 Å². The second-order valence-corrected chi connectivity index (χ2v) is 6.69. The van der Waals surface area contributed by atoms with Crippen molar-refractivity contribution in [2.45, 2.75) is 34.1 Å². The Kier molecular flexibility index (Phi) is 12.8. The maximum atomic E-state index is 7.96. The highest BCUT2D eigenvalue weighted by Crippen LogP contribution is 2.13. The third-order valence-corrected chi connectivity index (χ3v) is 4.07. The van der Waals surface area contributed by atoms with E-state index in [0.717, 1.165) is 34.8 Å². The normalized spacial score (nSPS) is 13.7. The molecular formula is C22H32N2OS. The first-order valence-electron chi connectivity index (χ1n) is 8.53. The van der Waals surface area contributed by atoms with Crippen molar-refractivity contribution in [2.24, 2.45) is 0 Å². The number of rotatable bonds is 12. The average molecular weight is 373 g/mol. The summed E-state index contributed by atoms with van der Waals surface area (Å²) >= 11 is 1.60. The lowest BCUT2D eigenvalue weighted by molar-refractivity contribution is 0.301. The predicted molar refractivity (Wildman–Crippen MR) is 118 cm³/mol. The lowest BCUT2D eigenvalue weighted by atomic mass is 10.2. The number of hydrogen-bond donors (Lipinski definition) is 2. The fourth-order valence-electron chi connectivity index (χ4n) is 1.97. The van der Waals surface area contributed by atoms with Gasteiger partial charge in [-0.3, -0.25) is 0 Å². The molecule has 0 saturated carbocycles. The smallest absolute Gasteiger partial charge is 0.121 e. The summed E-state index contributed by atoms with van der Waals surface area (Å²) in [4.78, 5) is 0. The van der Waals surface area contributed by atoms with Gasteiger partial charge >= 0.3 is 0 Å². The molecule has 0 aromatic heterocycles. The van der Waals surface area contributed by atoms with Crippen molar-refractivity contribution in [1.29, 1.82) is 5.41 Å². The maximum Gasteiger partial charge on any atom is 0.121 e. The molecule has 0 fully saturated rings. The molecule has 0 bridgehead atoms. The zero-order chi connectivity index (χ0) is 19.9. The Labute approximate surface area is 163 Å². The summed E-state index contributed by atoms with van der Waals surface area (Å²) in [5.41, 5.74) is 4.43. The summed E-state index contributed by atoms with van der Waals surface area (Å²) in [5, 5.41) is 7.96. The molecule has 0 aliphatic rings. The van der Waals surface area contributed by atoms with E-state index in [9.17, 15) is 0 Å². The highest BCUT2D eigenvalue weighted by molar-refractivity contribution is 7.97. The fourth-order valence-corrected chi connectivity index (χ4v) is 2.77. The van der Waals surface area contributed by atoms with Gasteiger partial charge < -0.3 is 14.9 Å². The maximum absolute atomic E-state index is 7.96. The van der Waals surface area contributed by atoms with Crippen LogP contribution >= 0.6 is 11.9 Å². The van der Waals surface area contributed by atoms with E-state index in [2.05, 4.69) is 24.0 Å². The van der Waals surface area contributed by atoms with E-state index in [0.29, 0.717) is 5.71 Å². The number of allylic oxidation sites excluding steroid dienone is 11. The monoisotopic (exact) mass is 372 g/mol. The molecule has 0 radical (unpaired) electrons. The minimum absolute atomic E-state index is 0.497. The molecular weight excluding hydrogens is 340 g/mol. The zero-order valence-electron chi connectivity index (χ0n) is 16.7. The molecule has 0 aromatic carbocycles. The van der Waals surface area contributed by atoms with Crippen LogP contribution in [0.2, 0.25) is 0 Å². The van der Waals surface area contributed by atoms with Gasteiger partial charge in [0.15, 0.2) is 0 Å². The molecule has 0 amide bonds. The van der Waals surface area contributed by atoms with Crippen LogP contribution < -0.4 is 4.72 Å². The van der Waals surface area contributed by atoms with Gasteiger partial charge in [-0.05, 0) is 63.0 Å². The third kappa shape index (κ3) is 10.6. The van der Waals surface area contributed by atoms with Crippen LogP contribution in [0.3, 0.4) is 0 Å². The summed E-state index contributed by atoms with van der Waals surface area (Å²) in [6.45, 7) is 15.3. The van der Waals surface area contributed by atoms with Crippen molar-refractivity contribution in [3.05, 3.63) is 83.9 Å². The lowest BCUT2D eigenvalue weighted by Crippen LogP contribution is -2.12. The Morgan fingerprint density at radius 3 is 2.38 bits per heavy atom. The van der Waals surface area contributed by atoms with Crippen LogP contribution in [0.5, 0.6) is 0 Å². The van der Waals surface area contributed by atoms with Crippen molar-refractivity contribution < 1.29 is 4.74 Å². The molecule has 0 aromatic rings. The summed E-state index contributed by atoms with van der Waals surface area (Å²) in [6.07, 6.45) is 14.7. The van der Waals surface area contributed by atoms with Gasteiger partial charge in [0.1, 0.15) is 5.76 Å². The second kappa shape index (κ2) is 14.0. The Hall–Kier alpha value is -2.20. The quantitative estimate of drug-likeness (QED) is 0.139. The van der Waals surface area contributed by atoms with E-state index in [4.69, 9.17) is 10.1 Å². The lowest BCUT2D eigenvalue weighted by Gasteiger charge is -2.10. The van der Waals surface area contributed by atoms with Gasteiger partial charge in [-0.1, -0.05) is 55.5 Å². The molecule has 2 N–H and O–H groups in total. The van der Waals surface area contributed by atoms with Crippen molar-refractivity contribution in [1.82, 2.24) is 4.72 Å². The molecule has 0 saturated heterocycles. The molecule has 0 rings (SSSR count). The molecule has 0 spiro atoms. The number of ether oxygens (including phenoxy) is 1. The largest absolute Gasteiger partial charge is 0.497 e. The van der Waals surface area contributed by atoms with Crippen LogP contribution in [0.25, 0.3) is 0 Å². The molecule has 4 heteroatoms. The summed E-state index contributed by atoms with van der Waals surface area (Å²) in [6, 6.07) is 0. The standard InChI is InChI=1S/C22H32N2OS/c1-8-10-20(11-9-2)14-15-26-24-21(19(6)23)16-18(5)12-13-22(25-7)17(3)4/h8-13,16,23-24H,1,3,14-15H2,2,4-7H3/b11-9-,18-12+,20-10+,21-16-,22-13+,23-19?. The highest BCUT2D eigenvalue weighted by Gasteiger charge is 2.01. The van der Waals surface area contributed by atoms with Crippen LogP contribution in [-0.2, 0) is 4.74 Å². The third-order valence-electron chi connectivity index (χ3n) is 3.30. The van der Waals surface area contributed by atoms with E-state index in [1.807, 2.05) is 51.2 Å². The molecule has 0 aliphatic carbocycles. The molecule has 0 atom stereocenters. The Morgan fingerprint density at radius 1 is 1.19 bits per heavy atom. The minimum atomic E-state index is 0.497. The topological polar surface area (TPSA) is 45.1 Å². The zero-order valence-corrected chi connectivity index (χ0v) is 17.5. The van der Waals surface area contributed by atoms with E-state index in [1.165, 1.54) is 5.57 Å². The first kappa shape index (κ1) is 23.8. The van der Waals surface area contributed by atoms with Gasteiger partial charge in [0.2, 0.25) is 0 Å². The number of methoxy groups -OCH3 is 1. The van der Waals surface area contributed by atoms with Gasteiger partial charge in [-0.15, -0.1) is 0 Å². The summed E-state index contributed by atoms with van der Waals surface area (Å²) < 4.78 is 8.55. The van der Waals surface area contributed by atoms with Crippen molar-refractivity contribution >= 4 is 17.7 Å². The van der Waals surface area contributed by atoms with E-state index in [1.54, 1.807) is 32.1 Å². The molecule has 0 aliphatic heterocycles. The highest BCUT2D eigenvalue weighted by atomic mass is 32.2. The van der Waals surface area contributed by atoms with Crippen LogP contribution in [0.4, 0.5) is 0 Å². The van der Waals surface area contributed by atoms with Gasteiger partial charge in [0.05, 0.1) is 18.5 Å². The molecule has 0 heterocycles. The van der Waals surface area contributed by atoms with E-state index in [-0.39, 0.29) is 0 Å². The van der Waals surface area contributed by atoms with Gasteiger partial charge in [0.25, 0.3) is 0 Å². The minimum Gasteiger partial charge on any atom is -0.497 e. The Bertz CT molecular complexity index is 649. The van der Waals surface area contributed by atoms with E-state index >= 15 is 0 Å². The van der Waals surface area contributed by atoms with Crippen LogP contribution in [0.15, 0.2) is 83.9 Å². The SMILES string of the molecule is C=C/C=C(\C=C/C)CCSN\C(=C/C(C)=C/C=C(/OC)C(=C)C)C(C)=N. The van der Waals surface area contributed by atoms with Crippen LogP contribution in [0, 0.1) is 5.41 Å². The summed E-state index contributed by atoms with van der Waals surface area (Å²) in [5.74, 6) is 1.65. The predicted octanol–water partition coefficient (Wildman–Crippen LogP) is 6.28. The van der Waals surface area contributed by atoms with Gasteiger partial charge in [-0.25, -0.2) is 0 Å². The number of hydrogen-bond acceptors (Lipinski definition) is 4. The van der Waals surface area contributed by atoms with Gasteiger partial charge in [-0.2, -0.15) is 0 Å².